The summed E-state index contributed by atoms with van der Waals surface area (Å²) in [6.07, 6.45) is 0. The number of hydrogen-bond acceptors (Lipinski definition) is 2. The first-order chi connectivity index (χ1) is 15.1. The Morgan fingerprint density at radius 1 is 0.625 bits per heavy atom. The van der Waals surface area contributed by atoms with E-state index in [9.17, 15) is 0 Å². The van der Waals surface area contributed by atoms with Crippen LogP contribution in [-0.2, 0) is 26.5 Å². The summed E-state index contributed by atoms with van der Waals surface area (Å²) in [6.45, 7) is 4.35. The fraction of sp³-hybridized carbons (Fsp3) is 0.103. The zero-order valence-electron chi connectivity index (χ0n) is 17.9. The van der Waals surface area contributed by atoms with E-state index in [0.29, 0.717) is 0 Å². The number of benzene rings is 3. The van der Waals surface area contributed by atoms with E-state index in [1.165, 1.54) is 5.39 Å². The molecule has 0 N–H and O–H groups in total. The number of pyridine rings is 2. The molecule has 3 aromatic carbocycles. The van der Waals surface area contributed by atoms with E-state index in [-0.39, 0.29) is 26.5 Å². The summed E-state index contributed by atoms with van der Waals surface area (Å²) in [4.78, 5) is 10.0. The van der Waals surface area contributed by atoms with Gasteiger partial charge in [-0.1, -0.05) is 53.9 Å². The van der Waals surface area contributed by atoms with Gasteiger partial charge in [0.25, 0.3) is 0 Å². The molecule has 0 unspecified atom stereocenters. The molecule has 158 valence electrons. The Kier molecular flexibility index (Phi) is 6.35. The third kappa shape index (κ3) is 4.16. The topological polar surface area (TPSA) is 25.8 Å². The maximum atomic E-state index is 5.06. The van der Waals surface area contributed by atoms with Gasteiger partial charge in [0.1, 0.15) is 0 Å². The summed E-state index contributed by atoms with van der Waals surface area (Å²) < 4.78 is 0. The van der Waals surface area contributed by atoms with Gasteiger partial charge in [-0.15, -0.1) is 65.0 Å². The first kappa shape index (κ1) is 22.1. The molecule has 32 heavy (non-hydrogen) atoms. The maximum Gasteiger partial charge on any atom is 2.00 e. The molecule has 3 heteroatoms. The van der Waals surface area contributed by atoms with Crippen molar-refractivity contribution in [2.24, 2.45) is 0 Å². The largest absolute Gasteiger partial charge is 2.00 e. The number of hydrogen-bond donors (Lipinski definition) is 0. The van der Waals surface area contributed by atoms with Gasteiger partial charge in [0, 0.05) is 16.8 Å². The van der Waals surface area contributed by atoms with Gasteiger partial charge < -0.3 is 9.97 Å². The van der Waals surface area contributed by atoms with Crippen LogP contribution in [0.15, 0.2) is 97.1 Å². The summed E-state index contributed by atoms with van der Waals surface area (Å²) in [6, 6.07) is 39.4. The fourth-order valence-corrected chi connectivity index (χ4v) is 3.91. The second-order valence-electron chi connectivity index (χ2n) is 8.16. The van der Waals surface area contributed by atoms with Gasteiger partial charge in [-0.05, 0) is 37.4 Å². The van der Waals surface area contributed by atoms with Gasteiger partial charge in [0.05, 0.1) is 0 Å². The molecular weight excluding hydrogens is 571 g/mol. The molecule has 2 nitrogen and oxygen atoms in total. The van der Waals surface area contributed by atoms with Gasteiger partial charge in [-0.3, -0.25) is 0 Å². The molecule has 0 radical (unpaired) electrons. The summed E-state index contributed by atoms with van der Waals surface area (Å²) in [5.74, 6) is 0. The second-order valence-corrected chi connectivity index (χ2v) is 8.16. The Morgan fingerprint density at radius 3 is 2.06 bits per heavy atom. The second kappa shape index (κ2) is 9.18. The first-order valence-corrected chi connectivity index (χ1v) is 10.4. The molecule has 2 aromatic heterocycles. The molecule has 0 fully saturated rings. The van der Waals surface area contributed by atoms with Crippen molar-refractivity contribution in [1.29, 1.82) is 0 Å². The average Bonchev–Trinajstić information content (AvgIpc) is 2.84. The van der Waals surface area contributed by atoms with Crippen molar-refractivity contribution in [1.82, 2.24) is 9.97 Å². The normalized spacial score (nSPS) is 11.2. The summed E-state index contributed by atoms with van der Waals surface area (Å²) in [5.41, 5.74) is 5.47. The van der Waals surface area contributed by atoms with Gasteiger partial charge in [0.2, 0.25) is 0 Å². The van der Waals surface area contributed by atoms with Crippen LogP contribution in [-0.4, -0.2) is 9.97 Å². The SMILES string of the molecule is CC(C)(c1cccc(-c2[c-]cccc2)n1)c1cccc(-c2[c-]ccc3ccccc23)n1.[Pt+2]. The molecule has 0 aliphatic heterocycles. The number of nitrogens with zero attached hydrogens (tertiary/aromatic N) is 2. The molecule has 0 atom stereocenters. The van der Waals surface area contributed by atoms with Crippen molar-refractivity contribution in [3.8, 4) is 22.5 Å². The Balaban J connectivity index is 0.00000245. The molecular formula is C29H22N2Pt. The molecule has 0 aliphatic carbocycles. The minimum Gasteiger partial charge on any atom is -0.300 e. The van der Waals surface area contributed by atoms with E-state index in [0.717, 1.165) is 39.3 Å². The molecule has 2 heterocycles. The molecule has 5 rings (SSSR count). The van der Waals surface area contributed by atoms with Crippen LogP contribution in [0.1, 0.15) is 25.2 Å². The van der Waals surface area contributed by atoms with Gasteiger partial charge in [0.15, 0.2) is 0 Å². The summed E-state index contributed by atoms with van der Waals surface area (Å²) in [7, 11) is 0. The van der Waals surface area contributed by atoms with Crippen LogP contribution in [0.4, 0.5) is 0 Å². The van der Waals surface area contributed by atoms with Gasteiger partial charge >= 0.3 is 21.1 Å². The smallest absolute Gasteiger partial charge is 0.300 e. The summed E-state index contributed by atoms with van der Waals surface area (Å²) >= 11 is 0. The predicted molar refractivity (Wildman–Crippen MR) is 127 cm³/mol. The van der Waals surface area contributed by atoms with Crippen molar-refractivity contribution in [2.45, 2.75) is 19.3 Å². The first-order valence-electron chi connectivity index (χ1n) is 10.4. The van der Waals surface area contributed by atoms with E-state index in [4.69, 9.17) is 9.97 Å². The Labute approximate surface area is 203 Å². The number of fused-ring (bicyclic) bond motifs is 1. The van der Waals surface area contributed by atoms with Crippen LogP contribution < -0.4 is 0 Å². The molecule has 5 aromatic rings. The quantitative estimate of drug-likeness (QED) is 0.212. The zero-order valence-corrected chi connectivity index (χ0v) is 20.2. The predicted octanol–water partition coefficient (Wildman–Crippen LogP) is 6.89. The van der Waals surface area contributed by atoms with Gasteiger partial charge in [-0.25, -0.2) is 0 Å². The summed E-state index contributed by atoms with van der Waals surface area (Å²) in [5, 5.41) is 2.35. The Morgan fingerprint density at radius 2 is 1.31 bits per heavy atom. The van der Waals surface area contributed by atoms with Crippen molar-refractivity contribution in [2.75, 3.05) is 0 Å². The van der Waals surface area contributed by atoms with Crippen LogP contribution in [0, 0.1) is 12.1 Å². The monoisotopic (exact) mass is 593 g/mol. The van der Waals surface area contributed by atoms with Crippen molar-refractivity contribution in [3.05, 3.63) is 121 Å². The van der Waals surface area contributed by atoms with Crippen molar-refractivity contribution in [3.63, 3.8) is 0 Å². The molecule has 0 saturated carbocycles. The van der Waals surface area contributed by atoms with Crippen LogP contribution in [0.2, 0.25) is 0 Å². The molecule has 0 spiro atoms. The zero-order chi connectivity index (χ0) is 21.3. The molecule has 0 aliphatic rings. The minimum atomic E-state index is -0.356. The average molecular weight is 594 g/mol. The van der Waals surface area contributed by atoms with E-state index >= 15 is 0 Å². The number of aromatic nitrogens is 2. The Hall–Kier alpha value is -3.09. The van der Waals surface area contributed by atoms with Crippen LogP contribution in [0.3, 0.4) is 0 Å². The van der Waals surface area contributed by atoms with Crippen molar-refractivity contribution >= 4 is 10.8 Å². The van der Waals surface area contributed by atoms with E-state index in [2.05, 4.69) is 86.6 Å². The molecule has 0 saturated heterocycles. The molecule has 0 amide bonds. The van der Waals surface area contributed by atoms with Gasteiger partial charge in [-0.2, -0.15) is 0 Å². The van der Waals surface area contributed by atoms with Crippen molar-refractivity contribution < 1.29 is 21.1 Å². The minimum absolute atomic E-state index is 0. The standard InChI is InChI=1S/C29H22N2.Pt/c1-29(2,27-19-9-17-25(30-27)22-12-4-3-5-13-22)28-20-10-18-26(31-28)24-16-8-14-21-11-6-7-15-23(21)24;/h3-12,14-15,17-20H,1-2H3;/q-2;+2. The van der Waals surface area contributed by atoms with E-state index in [1.807, 2.05) is 36.4 Å². The molecule has 0 bridgehead atoms. The third-order valence-corrected chi connectivity index (χ3v) is 5.74. The van der Waals surface area contributed by atoms with E-state index < -0.39 is 0 Å². The number of rotatable bonds is 4. The Bertz CT molecular complexity index is 1350. The van der Waals surface area contributed by atoms with E-state index in [1.54, 1.807) is 0 Å². The van der Waals surface area contributed by atoms with Crippen LogP contribution in [0.25, 0.3) is 33.3 Å². The van der Waals surface area contributed by atoms with Crippen LogP contribution in [0.5, 0.6) is 0 Å². The maximum absolute atomic E-state index is 5.06. The van der Waals surface area contributed by atoms with Crippen LogP contribution >= 0.6 is 0 Å². The fourth-order valence-electron chi connectivity index (χ4n) is 3.91. The third-order valence-electron chi connectivity index (χ3n) is 5.74.